The fourth-order valence-electron chi connectivity index (χ4n) is 3.29. The lowest BCUT2D eigenvalue weighted by atomic mass is 9.88. The van der Waals surface area contributed by atoms with Crippen molar-refractivity contribution < 1.29 is 9.53 Å². The summed E-state index contributed by atoms with van der Waals surface area (Å²) in [4.78, 5) is 11.7. The lowest BCUT2D eigenvalue weighted by molar-refractivity contribution is -0.139. The Hall–Kier alpha value is -1.05. The molecule has 0 aromatic carbocycles. The Bertz CT molecular complexity index is 356. The van der Waals surface area contributed by atoms with E-state index < -0.39 is 0 Å². The van der Waals surface area contributed by atoms with E-state index in [0.29, 0.717) is 0 Å². The Balaban J connectivity index is 1.88. The number of rotatable bonds is 0. The van der Waals surface area contributed by atoms with Crippen LogP contribution in [0.1, 0.15) is 70.6 Å². The van der Waals surface area contributed by atoms with Gasteiger partial charge in [0.1, 0.15) is 6.10 Å². The molecule has 1 aliphatic heterocycles. The third-order valence-electron chi connectivity index (χ3n) is 4.58. The van der Waals surface area contributed by atoms with E-state index in [4.69, 9.17) is 4.74 Å². The van der Waals surface area contributed by atoms with Crippen LogP contribution < -0.4 is 0 Å². The largest absolute Gasteiger partial charge is 0.458 e. The standard InChI is InChI=1S/C18H28O2/c1-15-16-13-11-9-7-5-3-2-4-6-8-10-12-14-17(16)20-18(15)19/h4,6,16-17H,1-3,5,7-14H2/b6-4+/t16-,17+/m0/s1. The molecule has 2 nitrogen and oxygen atoms in total. The molecule has 20 heavy (non-hydrogen) atoms. The van der Waals surface area contributed by atoms with Gasteiger partial charge in [-0.05, 0) is 44.9 Å². The van der Waals surface area contributed by atoms with Crippen LogP contribution >= 0.6 is 0 Å². The van der Waals surface area contributed by atoms with Crippen LogP contribution in [0.25, 0.3) is 0 Å². The molecule has 0 saturated carbocycles. The van der Waals surface area contributed by atoms with Crippen molar-refractivity contribution in [1.29, 1.82) is 0 Å². The number of fused-ring (bicyclic) bond motifs is 1. The highest BCUT2D eigenvalue weighted by Gasteiger charge is 2.37. The fourth-order valence-corrected chi connectivity index (χ4v) is 3.29. The van der Waals surface area contributed by atoms with Crippen LogP contribution in [0.15, 0.2) is 24.3 Å². The normalized spacial score (nSPS) is 31.8. The van der Waals surface area contributed by atoms with Gasteiger partial charge in [0.05, 0.1) is 0 Å². The molecule has 2 aliphatic rings. The topological polar surface area (TPSA) is 26.3 Å². The molecule has 112 valence electrons. The zero-order valence-corrected chi connectivity index (χ0v) is 12.6. The molecular weight excluding hydrogens is 248 g/mol. The summed E-state index contributed by atoms with van der Waals surface area (Å²) >= 11 is 0. The minimum Gasteiger partial charge on any atom is -0.458 e. The SMILES string of the molecule is C=C1C(=O)O[C@@H]2CCCC/C=C/CCCCCCC[C@@H]12. The highest BCUT2D eigenvalue weighted by atomic mass is 16.6. The Kier molecular flexibility index (Phi) is 6.35. The van der Waals surface area contributed by atoms with E-state index in [0.717, 1.165) is 31.3 Å². The Morgan fingerprint density at radius 1 is 0.900 bits per heavy atom. The van der Waals surface area contributed by atoms with Crippen molar-refractivity contribution in [2.45, 2.75) is 76.7 Å². The number of hydrogen-bond donors (Lipinski definition) is 0. The summed E-state index contributed by atoms with van der Waals surface area (Å²) < 4.78 is 5.51. The molecule has 1 saturated heterocycles. The summed E-state index contributed by atoms with van der Waals surface area (Å²) in [5, 5.41) is 0. The van der Waals surface area contributed by atoms with Crippen LogP contribution in [0, 0.1) is 5.92 Å². The number of carbonyl (C=O) groups is 1. The van der Waals surface area contributed by atoms with Crippen molar-refractivity contribution in [3.8, 4) is 0 Å². The van der Waals surface area contributed by atoms with Crippen molar-refractivity contribution in [2.24, 2.45) is 5.92 Å². The van der Waals surface area contributed by atoms with Crippen molar-refractivity contribution in [3.63, 3.8) is 0 Å². The van der Waals surface area contributed by atoms with Gasteiger partial charge in [-0.1, -0.05) is 44.4 Å². The zero-order chi connectivity index (χ0) is 14.2. The summed E-state index contributed by atoms with van der Waals surface area (Å²) in [6.07, 6.45) is 18.0. The molecule has 0 amide bonds. The molecule has 1 heterocycles. The molecule has 0 bridgehead atoms. The van der Waals surface area contributed by atoms with Crippen LogP contribution in [0.4, 0.5) is 0 Å². The van der Waals surface area contributed by atoms with E-state index >= 15 is 0 Å². The Morgan fingerprint density at radius 2 is 1.50 bits per heavy atom. The van der Waals surface area contributed by atoms with Gasteiger partial charge in [0, 0.05) is 11.5 Å². The van der Waals surface area contributed by atoms with E-state index in [-0.39, 0.29) is 18.0 Å². The van der Waals surface area contributed by atoms with Crippen molar-refractivity contribution in [3.05, 3.63) is 24.3 Å². The number of esters is 1. The first-order valence-corrected chi connectivity index (χ1v) is 8.34. The molecule has 1 fully saturated rings. The summed E-state index contributed by atoms with van der Waals surface area (Å²) in [6, 6.07) is 0. The van der Waals surface area contributed by atoms with Gasteiger partial charge >= 0.3 is 5.97 Å². The maximum atomic E-state index is 11.7. The smallest absolute Gasteiger partial charge is 0.334 e. The predicted molar refractivity (Wildman–Crippen MR) is 82.4 cm³/mol. The van der Waals surface area contributed by atoms with Gasteiger partial charge in [-0.15, -0.1) is 0 Å². The summed E-state index contributed by atoms with van der Waals surface area (Å²) in [5.41, 5.74) is 0.721. The van der Waals surface area contributed by atoms with Gasteiger partial charge < -0.3 is 4.74 Å². The first-order valence-electron chi connectivity index (χ1n) is 8.34. The van der Waals surface area contributed by atoms with E-state index in [1.165, 1.54) is 44.9 Å². The second-order valence-corrected chi connectivity index (χ2v) is 6.18. The van der Waals surface area contributed by atoms with E-state index in [2.05, 4.69) is 18.7 Å². The van der Waals surface area contributed by atoms with E-state index in [9.17, 15) is 4.79 Å². The van der Waals surface area contributed by atoms with Gasteiger partial charge in [-0.3, -0.25) is 0 Å². The first kappa shape index (κ1) is 15.3. The van der Waals surface area contributed by atoms with E-state index in [1.54, 1.807) is 0 Å². The second-order valence-electron chi connectivity index (χ2n) is 6.18. The van der Waals surface area contributed by atoms with Crippen LogP contribution in [-0.4, -0.2) is 12.1 Å². The monoisotopic (exact) mass is 276 g/mol. The Morgan fingerprint density at radius 3 is 2.30 bits per heavy atom. The number of ether oxygens (including phenoxy) is 1. The number of allylic oxidation sites excluding steroid dienone is 2. The quantitative estimate of drug-likeness (QED) is 0.355. The highest BCUT2D eigenvalue weighted by molar-refractivity contribution is 5.90. The summed E-state index contributed by atoms with van der Waals surface area (Å²) in [7, 11) is 0. The zero-order valence-electron chi connectivity index (χ0n) is 12.6. The third kappa shape index (κ3) is 4.50. The predicted octanol–water partition coefficient (Wildman–Crippen LogP) is 4.95. The van der Waals surface area contributed by atoms with Crippen molar-refractivity contribution in [2.75, 3.05) is 0 Å². The molecule has 0 aromatic heterocycles. The van der Waals surface area contributed by atoms with Crippen molar-refractivity contribution in [1.82, 2.24) is 0 Å². The highest BCUT2D eigenvalue weighted by Crippen LogP contribution is 2.34. The van der Waals surface area contributed by atoms with Gasteiger partial charge in [0.25, 0.3) is 0 Å². The van der Waals surface area contributed by atoms with Gasteiger partial charge in [0.15, 0.2) is 0 Å². The molecule has 0 unspecified atom stereocenters. The third-order valence-corrected chi connectivity index (χ3v) is 4.58. The molecule has 2 heteroatoms. The average molecular weight is 276 g/mol. The first-order chi connectivity index (χ1) is 9.79. The molecule has 1 aliphatic carbocycles. The number of carbonyl (C=O) groups excluding carboxylic acids is 1. The summed E-state index contributed by atoms with van der Waals surface area (Å²) in [5.74, 6) is 0.129. The lowest BCUT2D eigenvalue weighted by Crippen LogP contribution is -2.16. The van der Waals surface area contributed by atoms with Crippen molar-refractivity contribution >= 4 is 5.97 Å². The van der Waals surface area contributed by atoms with Gasteiger partial charge in [0.2, 0.25) is 0 Å². The molecule has 0 spiro atoms. The average Bonchev–Trinajstić information content (AvgIpc) is 2.70. The lowest BCUT2D eigenvalue weighted by Gasteiger charge is -2.17. The maximum absolute atomic E-state index is 11.7. The van der Waals surface area contributed by atoms with Crippen LogP contribution in [0.5, 0.6) is 0 Å². The minimum atomic E-state index is -0.152. The van der Waals surface area contributed by atoms with Crippen LogP contribution in [0.2, 0.25) is 0 Å². The minimum absolute atomic E-state index is 0.101. The second kappa shape index (κ2) is 8.28. The van der Waals surface area contributed by atoms with E-state index in [1.807, 2.05) is 0 Å². The van der Waals surface area contributed by atoms with Crippen LogP contribution in [-0.2, 0) is 9.53 Å². The van der Waals surface area contributed by atoms with Gasteiger partial charge in [-0.2, -0.15) is 0 Å². The Labute approximate surface area is 123 Å². The summed E-state index contributed by atoms with van der Waals surface area (Å²) in [6.45, 7) is 3.95. The molecular formula is C18H28O2. The molecule has 2 atom stereocenters. The molecule has 0 radical (unpaired) electrons. The number of hydrogen-bond acceptors (Lipinski definition) is 2. The van der Waals surface area contributed by atoms with Gasteiger partial charge in [-0.25, -0.2) is 4.79 Å². The van der Waals surface area contributed by atoms with Crippen LogP contribution in [0.3, 0.4) is 0 Å². The molecule has 0 N–H and O–H groups in total. The molecule has 0 aromatic rings. The fraction of sp³-hybridized carbons (Fsp3) is 0.722. The molecule has 2 rings (SSSR count). The maximum Gasteiger partial charge on any atom is 0.334 e.